The van der Waals surface area contributed by atoms with E-state index in [0.717, 1.165) is 19.3 Å². The molecule has 0 aromatic carbocycles. The Morgan fingerprint density at radius 3 is 1.39 bits per heavy atom. The van der Waals surface area contributed by atoms with E-state index in [4.69, 9.17) is 10.2 Å². The SMILES string of the molecule is CC(NCCCCCNC(C)C(=O)NC(=O)O)C(=O)NC(=O)O. The van der Waals surface area contributed by atoms with Gasteiger partial charge in [0, 0.05) is 0 Å². The highest BCUT2D eigenvalue weighted by Gasteiger charge is 2.14. The molecule has 132 valence electrons. The summed E-state index contributed by atoms with van der Waals surface area (Å²) in [5.41, 5.74) is 0. The molecule has 0 aliphatic carbocycles. The smallest absolute Gasteiger partial charge is 0.411 e. The average Bonchev–Trinajstić information content (AvgIpc) is 2.44. The highest BCUT2D eigenvalue weighted by atomic mass is 16.4. The summed E-state index contributed by atoms with van der Waals surface area (Å²) in [7, 11) is 0. The molecular formula is C13H24N4O6. The van der Waals surface area contributed by atoms with Gasteiger partial charge in [0.1, 0.15) is 0 Å². The van der Waals surface area contributed by atoms with Gasteiger partial charge in [-0.1, -0.05) is 6.42 Å². The first-order valence-corrected chi connectivity index (χ1v) is 7.28. The first-order chi connectivity index (χ1) is 10.7. The second-order valence-electron chi connectivity index (χ2n) is 5.00. The van der Waals surface area contributed by atoms with Gasteiger partial charge in [-0.15, -0.1) is 0 Å². The van der Waals surface area contributed by atoms with Gasteiger partial charge < -0.3 is 20.8 Å². The Morgan fingerprint density at radius 1 is 0.739 bits per heavy atom. The number of carbonyl (C=O) groups is 4. The summed E-state index contributed by atoms with van der Waals surface area (Å²) in [6.45, 7) is 4.26. The summed E-state index contributed by atoms with van der Waals surface area (Å²) < 4.78 is 0. The molecule has 0 fully saturated rings. The largest absolute Gasteiger partial charge is 0.465 e. The van der Waals surface area contributed by atoms with Crippen LogP contribution in [-0.4, -0.2) is 59.4 Å². The summed E-state index contributed by atoms with van der Waals surface area (Å²) >= 11 is 0. The summed E-state index contributed by atoms with van der Waals surface area (Å²) in [6.07, 6.45) is -0.364. The van der Waals surface area contributed by atoms with Gasteiger partial charge in [0.25, 0.3) is 0 Å². The number of rotatable bonds is 10. The van der Waals surface area contributed by atoms with Crippen LogP contribution in [0.15, 0.2) is 0 Å². The maximum atomic E-state index is 11.3. The summed E-state index contributed by atoms with van der Waals surface area (Å²) in [4.78, 5) is 43.2. The molecule has 0 rings (SSSR count). The van der Waals surface area contributed by atoms with Crippen LogP contribution in [0, 0.1) is 0 Å². The standard InChI is InChI=1S/C13H24N4O6/c1-8(10(18)16-12(20)21)14-6-4-3-5-7-15-9(2)11(19)17-13(22)23/h8-9,14-15H,3-7H2,1-2H3,(H,16,18)(H,17,19)(H,20,21)(H,22,23). The van der Waals surface area contributed by atoms with Gasteiger partial charge in [-0.25, -0.2) is 9.59 Å². The number of hydrogen-bond donors (Lipinski definition) is 6. The van der Waals surface area contributed by atoms with E-state index in [2.05, 4.69) is 10.6 Å². The van der Waals surface area contributed by atoms with Crippen molar-refractivity contribution in [3.05, 3.63) is 0 Å². The molecule has 0 aromatic heterocycles. The Bertz CT molecular complexity index is 391. The van der Waals surface area contributed by atoms with E-state index in [1.165, 1.54) is 0 Å². The molecule has 0 heterocycles. The first-order valence-electron chi connectivity index (χ1n) is 7.28. The number of imide groups is 2. The van der Waals surface area contributed by atoms with E-state index in [-0.39, 0.29) is 0 Å². The van der Waals surface area contributed by atoms with E-state index in [0.29, 0.717) is 13.1 Å². The molecule has 10 heteroatoms. The quantitative estimate of drug-likeness (QED) is 0.298. The number of carbonyl (C=O) groups excluding carboxylic acids is 2. The summed E-state index contributed by atoms with van der Waals surface area (Å²) in [5.74, 6) is -1.20. The number of nitrogens with one attached hydrogen (secondary N) is 4. The lowest BCUT2D eigenvalue weighted by Crippen LogP contribution is -2.44. The van der Waals surface area contributed by atoms with Gasteiger partial charge >= 0.3 is 12.2 Å². The third kappa shape index (κ3) is 11.1. The van der Waals surface area contributed by atoms with E-state index in [1.54, 1.807) is 24.5 Å². The lowest BCUT2D eigenvalue weighted by atomic mass is 10.2. The molecule has 2 atom stereocenters. The minimum Gasteiger partial charge on any atom is -0.465 e. The zero-order chi connectivity index (χ0) is 17.8. The normalized spacial score (nSPS) is 13.0. The zero-order valence-electron chi connectivity index (χ0n) is 13.2. The lowest BCUT2D eigenvalue weighted by molar-refractivity contribution is -0.122. The topological polar surface area (TPSA) is 157 Å². The van der Waals surface area contributed by atoms with Crippen LogP contribution >= 0.6 is 0 Å². The fourth-order valence-corrected chi connectivity index (χ4v) is 1.68. The van der Waals surface area contributed by atoms with Gasteiger partial charge in [-0.05, 0) is 39.8 Å². The molecule has 0 saturated heterocycles. The molecular weight excluding hydrogens is 308 g/mol. The Balaban J connectivity index is 3.63. The van der Waals surface area contributed by atoms with E-state index in [1.807, 2.05) is 0 Å². The highest BCUT2D eigenvalue weighted by Crippen LogP contribution is 1.95. The second-order valence-corrected chi connectivity index (χ2v) is 5.00. The predicted molar refractivity (Wildman–Crippen MR) is 81.1 cm³/mol. The fraction of sp³-hybridized carbons (Fsp3) is 0.692. The number of hydrogen-bond acceptors (Lipinski definition) is 6. The van der Waals surface area contributed by atoms with Crippen LogP contribution in [0.5, 0.6) is 0 Å². The van der Waals surface area contributed by atoms with Crippen LogP contribution < -0.4 is 21.3 Å². The minimum atomic E-state index is -1.38. The van der Waals surface area contributed by atoms with Crippen molar-refractivity contribution in [1.29, 1.82) is 0 Å². The highest BCUT2D eigenvalue weighted by molar-refractivity contribution is 5.94. The third-order valence-corrected chi connectivity index (χ3v) is 3.00. The Kier molecular flexibility index (Phi) is 10.3. The van der Waals surface area contributed by atoms with Crippen LogP contribution in [0.25, 0.3) is 0 Å². The van der Waals surface area contributed by atoms with Crippen molar-refractivity contribution in [2.24, 2.45) is 0 Å². The Labute approximate surface area is 134 Å². The van der Waals surface area contributed by atoms with Crippen molar-refractivity contribution in [3.63, 3.8) is 0 Å². The molecule has 0 spiro atoms. The lowest BCUT2D eigenvalue weighted by Gasteiger charge is -2.13. The van der Waals surface area contributed by atoms with Crippen LogP contribution in [0.1, 0.15) is 33.1 Å². The molecule has 0 aromatic rings. The van der Waals surface area contributed by atoms with E-state index >= 15 is 0 Å². The molecule has 6 N–H and O–H groups in total. The van der Waals surface area contributed by atoms with Gasteiger partial charge in [-0.3, -0.25) is 20.2 Å². The molecule has 0 radical (unpaired) electrons. The summed E-state index contributed by atoms with van der Waals surface area (Å²) in [6, 6.07) is -1.19. The molecule has 0 saturated carbocycles. The van der Waals surface area contributed by atoms with Crippen molar-refractivity contribution < 1.29 is 29.4 Å². The van der Waals surface area contributed by atoms with Crippen molar-refractivity contribution in [3.8, 4) is 0 Å². The van der Waals surface area contributed by atoms with Gasteiger partial charge in [0.05, 0.1) is 12.1 Å². The Hall–Kier alpha value is -2.20. The molecule has 23 heavy (non-hydrogen) atoms. The van der Waals surface area contributed by atoms with Gasteiger partial charge in [-0.2, -0.15) is 0 Å². The van der Waals surface area contributed by atoms with Crippen LogP contribution in [0.2, 0.25) is 0 Å². The number of carboxylic acid groups (broad SMARTS) is 2. The van der Waals surface area contributed by atoms with Crippen molar-refractivity contribution in [1.82, 2.24) is 21.3 Å². The molecule has 0 aliphatic rings. The van der Waals surface area contributed by atoms with Crippen molar-refractivity contribution >= 4 is 24.0 Å². The molecule has 4 amide bonds. The number of unbranched alkanes of at least 4 members (excludes halogenated alkanes) is 2. The Morgan fingerprint density at radius 2 is 1.09 bits per heavy atom. The van der Waals surface area contributed by atoms with E-state index < -0.39 is 36.1 Å². The van der Waals surface area contributed by atoms with Crippen molar-refractivity contribution in [2.45, 2.75) is 45.2 Å². The molecule has 0 bridgehead atoms. The first kappa shape index (κ1) is 20.8. The van der Waals surface area contributed by atoms with Crippen LogP contribution in [0.3, 0.4) is 0 Å². The van der Waals surface area contributed by atoms with Gasteiger partial charge in [0.15, 0.2) is 0 Å². The third-order valence-electron chi connectivity index (χ3n) is 3.00. The van der Waals surface area contributed by atoms with Crippen LogP contribution in [0.4, 0.5) is 9.59 Å². The number of amides is 4. The zero-order valence-corrected chi connectivity index (χ0v) is 13.2. The minimum absolute atomic E-state index is 0.559. The van der Waals surface area contributed by atoms with Gasteiger partial charge in [0.2, 0.25) is 11.8 Å². The maximum absolute atomic E-state index is 11.3. The molecule has 2 unspecified atom stereocenters. The average molecular weight is 332 g/mol. The maximum Gasteiger partial charge on any atom is 0.411 e. The fourth-order valence-electron chi connectivity index (χ4n) is 1.68. The second kappa shape index (κ2) is 11.4. The molecule has 0 aliphatic heterocycles. The van der Waals surface area contributed by atoms with Crippen molar-refractivity contribution in [2.75, 3.05) is 13.1 Å². The van der Waals surface area contributed by atoms with E-state index in [9.17, 15) is 19.2 Å². The monoisotopic (exact) mass is 332 g/mol. The molecule has 10 nitrogen and oxygen atoms in total. The van der Waals surface area contributed by atoms with Crippen LogP contribution in [-0.2, 0) is 9.59 Å². The summed E-state index contributed by atoms with van der Waals surface area (Å²) in [5, 5.41) is 26.1. The predicted octanol–water partition coefficient (Wildman–Crippen LogP) is -0.299.